The quantitative estimate of drug-likeness (QED) is 0.593. The number of benzene rings is 2. The topological polar surface area (TPSA) is 53.3 Å². The highest BCUT2D eigenvalue weighted by Crippen LogP contribution is 2.24. The van der Waals surface area contributed by atoms with E-state index in [0.717, 1.165) is 12.8 Å². The summed E-state index contributed by atoms with van der Waals surface area (Å²) in [6.07, 6.45) is 1.51. The van der Waals surface area contributed by atoms with Crippen LogP contribution in [0.4, 0.5) is 0 Å². The second-order valence-electron chi connectivity index (χ2n) is 5.28. The molecule has 0 radical (unpaired) electrons. The van der Waals surface area contributed by atoms with Crippen molar-refractivity contribution in [1.82, 2.24) is 15.9 Å². The summed E-state index contributed by atoms with van der Waals surface area (Å²) in [6, 6.07) is 20.6. The lowest BCUT2D eigenvalue weighted by Crippen LogP contribution is -2.58. The van der Waals surface area contributed by atoms with Crippen molar-refractivity contribution in [3.05, 3.63) is 71.8 Å². The molecule has 1 heterocycles. The Hall–Kier alpha value is -1.95. The molecule has 0 aromatic heterocycles. The molecule has 1 aliphatic heterocycles. The molecule has 1 saturated heterocycles. The molecule has 4 nitrogen and oxygen atoms in total. The van der Waals surface area contributed by atoms with Gasteiger partial charge in [-0.3, -0.25) is 10.4 Å². The van der Waals surface area contributed by atoms with E-state index in [0.29, 0.717) is 5.11 Å². The van der Waals surface area contributed by atoms with Gasteiger partial charge < -0.3 is 0 Å². The monoisotopic (exact) mass is 298 g/mol. The molecule has 2 aromatic rings. The Morgan fingerprint density at radius 3 is 1.76 bits per heavy atom. The molecule has 0 saturated carbocycles. The van der Waals surface area contributed by atoms with E-state index in [1.54, 1.807) is 5.01 Å². The van der Waals surface area contributed by atoms with E-state index in [1.807, 2.05) is 36.4 Å². The van der Waals surface area contributed by atoms with Gasteiger partial charge in [0, 0.05) is 12.8 Å². The third kappa shape index (κ3) is 2.90. The highest BCUT2D eigenvalue weighted by Gasteiger charge is 2.42. The second-order valence-corrected chi connectivity index (χ2v) is 5.67. The molecule has 1 aliphatic rings. The minimum absolute atomic E-state index is 0.459. The summed E-state index contributed by atoms with van der Waals surface area (Å²) >= 11 is 5.25. The van der Waals surface area contributed by atoms with Gasteiger partial charge in [0.05, 0.1) is 0 Å². The normalized spacial score (nSPS) is 16.8. The molecular weight excluding hydrogens is 280 g/mol. The van der Waals surface area contributed by atoms with Gasteiger partial charge in [0.1, 0.15) is 5.66 Å². The highest BCUT2D eigenvalue weighted by molar-refractivity contribution is 7.80. The van der Waals surface area contributed by atoms with Crippen molar-refractivity contribution in [2.24, 2.45) is 5.84 Å². The predicted molar refractivity (Wildman–Crippen MR) is 87.9 cm³/mol. The Bertz CT molecular complexity index is 573. The Morgan fingerprint density at radius 1 is 0.905 bits per heavy atom. The summed E-state index contributed by atoms with van der Waals surface area (Å²) in [4.78, 5) is 0. The number of rotatable bonds is 4. The van der Waals surface area contributed by atoms with Crippen molar-refractivity contribution in [1.29, 1.82) is 0 Å². The van der Waals surface area contributed by atoms with Crippen molar-refractivity contribution in [2.75, 3.05) is 0 Å². The first-order valence-corrected chi connectivity index (χ1v) is 7.30. The summed E-state index contributed by atoms with van der Waals surface area (Å²) in [6.45, 7) is 0. The SMILES string of the molecule is NN1C(=S)NNC1(Cc1ccccc1)Cc1ccccc1. The van der Waals surface area contributed by atoms with Crippen LogP contribution in [-0.4, -0.2) is 15.8 Å². The molecule has 21 heavy (non-hydrogen) atoms. The average molecular weight is 298 g/mol. The van der Waals surface area contributed by atoms with E-state index >= 15 is 0 Å². The second kappa shape index (κ2) is 5.81. The lowest BCUT2D eigenvalue weighted by Gasteiger charge is -2.35. The minimum atomic E-state index is -0.459. The van der Waals surface area contributed by atoms with Crippen molar-refractivity contribution in [3.63, 3.8) is 0 Å². The number of nitrogens with one attached hydrogen (secondary N) is 2. The Balaban J connectivity index is 1.90. The Kier molecular flexibility index (Phi) is 3.88. The first kappa shape index (κ1) is 14.0. The summed E-state index contributed by atoms with van der Waals surface area (Å²) < 4.78 is 0. The summed E-state index contributed by atoms with van der Waals surface area (Å²) in [5, 5.41) is 2.14. The zero-order chi connectivity index (χ0) is 14.7. The van der Waals surface area contributed by atoms with Crippen LogP contribution in [0.2, 0.25) is 0 Å². The molecule has 5 heteroatoms. The molecule has 0 bridgehead atoms. The smallest absolute Gasteiger partial charge is 0.199 e. The molecule has 0 spiro atoms. The van der Waals surface area contributed by atoms with Crippen LogP contribution in [-0.2, 0) is 12.8 Å². The average Bonchev–Trinajstić information content (AvgIpc) is 2.78. The molecule has 2 aromatic carbocycles. The number of hydrogen-bond donors (Lipinski definition) is 3. The van der Waals surface area contributed by atoms with E-state index in [4.69, 9.17) is 18.1 Å². The lowest BCUT2D eigenvalue weighted by molar-refractivity contribution is 0.160. The molecular formula is C16H18N4S. The standard InChI is InChI=1S/C16H18N4S/c17-20-15(21)18-19-16(20,11-13-7-3-1-4-8-13)12-14-9-5-2-6-10-14/h1-10,19H,11-12,17H2,(H,18,21). The summed E-state index contributed by atoms with van der Waals surface area (Å²) in [7, 11) is 0. The zero-order valence-corrected chi connectivity index (χ0v) is 12.4. The van der Waals surface area contributed by atoms with Crippen LogP contribution in [0.1, 0.15) is 11.1 Å². The van der Waals surface area contributed by atoms with Gasteiger partial charge >= 0.3 is 0 Å². The summed E-state index contributed by atoms with van der Waals surface area (Å²) in [5.74, 6) is 6.22. The molecule has 0 atom stereocenters. The lowest BCUT2D eigenvalue weighted by atomic mass is 9.93. The Morgan fingerprint density at radius 2 is 1.38 bits per heavy atom. The first-order chi connectivity index (χ1) is 10.2. The van der Waals surface area contributed by atoms with Gasteiger partial charge in [0.15, 0.2) is 5.11 Å². The van der Waals surface area contributed by atoms with Crippen LogP contribution in [0.25, 0.3) is 0 Å². The van der Waals surface area contributed by atoms with Crippen molar-refractivity contribution in [3.8, 4) is 0 Å². The largest absolute Gasteiger partial charge is 0.295 e. The number of hydrogen-bond acceptors (Lipinski definition) is 3. The minimum Gasteiger partial charge on any atom is -0.295 e. The zero-order valence-electron chi connectivity index (χ0n) is 11.6. The third-order valence-corrected chi connectivity index (χ3v) is 4.06. The van der Waals surface area contributed by atoms with E-state index in [9.17, 15) is 0 Å². The predicted octanol–water partition coefficient (Wildman–Crippen LogP) is 1.74. The fraction of sp³-hybridized carbons (Fsp3) is 0.188. The molecule has 108 valence electrons. The number of thiocarbonyl (C=S) groups is 1. The van der Waals surface area contributed by atoms with Crippen LogP contribution in [0.3, 0.4) is 0 Å². The molecule has 0 aliphatic carbocycles. The fourth-order valence-corrected chi connectivity index (χ4v) is 2.90. The third-order valence-electron chi connectivity index (χ3n) is 3.76. The van der Waals surface area contributed by atoms with Gasteiger partial charge in [-0.05, 0) is 23.3 Å². The van der Waals surface area contributed by atoms with Crippen LogP contribution in [0.5, 0.6) is 0 Å². The van der Waals surface area contributed by atoms with E-state index in [2.05, 4.69) is 35.1 Å². The summed E-state index contributed by atoms with van der Waals surface area (Å²) in [5.41, 5.74) is 8.22. The van der Waals surface area contributed by atoms with E-state index < -0.39 is 5.66 Å². The highest BCUT2D eigenvalue weighted by atomic mass is 32.1. The van der Waals surface area contributed by atoms with Crippen LogP contribution < -0.4 is 16.7 Å². The van der Waals surface area contributed by atoms with E-state index in [-0.39, 0.29) is 0 Å². The molecule has 0 amide bonds. The maximum Gasteiger partial charge on any atom is 0.199 e. The van der Waals surface area contributed by atoms with Gasteiger partial charge in [0.2, 0.25) is 0 Å². The van der Waals surface area contributed by atoms with Crippen molar-refractivity contribution >= 4 is 17.3 Å². The van der Waals surface area contributed by atoms with Crippen LogP contribution >= 0.6 is 12.2 Å². The van der Waals surface area contributed by atoms with Gasteiger partial charge in [-0.1, -0.05) is 60.7 Å². The van der Waals surface area contributed by atoms with Crippen LogP contribution in [0, 0.1) is 0 Å². The van der Waals surface area contributed by atoms with Crippen LogP contribution in [0.15, 0.2) is 60.7 Å². The van der Waals surface area contributed by atoms with Crippen molar-refractivity contribution in [2.45, 2.75) is 18.5 Å². The number of nitrogens with two attached hydrogens (primary N) is 1. The number of hydrazine groups is 2. The molecule has 3 rings (SSSR count). The molecule has 1 fully saturated rings. The van der Waals surface area contributed by atoms with Gasteiger partial charge in [-0.2, -0.15) is 0 Å². The van der Waals surface area contributed by atoms with Crippen molar-refractivity contribution < 1.29 is 0 Å². The molecule has 4 N–H and O–H groups in total. The first-order valence-electron chi connectivity index (χ1n) is 6.90. The fourth-order valence-electron chi connectivity index (χ4n) is 2.67. The van der Waals surface area contributed by atoms with E-state index in [1.165, 1.54) is 11.1 Å². The van der Waals surface area contributed by atoms with Gasteiger partial charge in [-0.25, -0.2) is 11.3 Å². The maximum absolute atomic E-state index is 6.22. The van der Waals surface area contributed by atoms with Gasteiger partial charge in [-0.15, -0.1) is 0 Å². The number of nitrogens with zero attached hydrogens (tertiary/aromatic N) is 1. The Labute approximate surface area is 129 Å². The van der Waals surface area contributed by atoms with Gasteiger partial charge in [0.25, 0.3) is 0 Å². The molecule has 0 unspecified atom stereocenters. The maximum atomic E-state index is 6.22.